The first-order valence-corrected chi connectivity index (χ1v) is 9.63. The lowest BCUT2D eigenvalue weighted by molar-refractivity contribution is -0.123. The third-order valence-electron chi connectivity index (χ3n) is 4.17. The molecule has 0 aromatic heterocycles. The maximum Gasteiger partial charge on any atom is 0.258 e. The molecule has 1 aliphatic rings. The van der Waals surface area contributed by atoms with E-state index in [1.54, 1.807) is 24.3 Å². The van der Waals surface area contributed by atoms with Gasteiger partial charge >= 0.3 is 0 Å². The lowest BCUT2D eigenvalue weighted by atomic mass is 10.1. The summed E-state index contributed by atoms with van der Waals surface area (Å²) in [5, 5.41) is 6.16. The second-order valence-electron chi connectivity index (χ2n) is 6.59. The molecule has 28 heavy (non-hydrogen) atoms. The van der Waals surface area contributed by atoms with Crippen LogP contribution in [0.3, 0.4) is 0 Å². The molecule has 1 saturated carbocycles. The summed E-state index contributed by atoms with van der Waals surface area (Å²) in [6.45, 7) is 0.436. The molecule has 2 N–H and O–H groups in total. The first-order valence-electron chi connectivity index (χ1n) is 9.25. The highest BCUT2D eigenvalue weighted by molar-refractivity contribution is 6.32. The Balaban J connectivity index is 1.32. The van der Waals surface area contributed by atoms with Gasteiger partial charge in [-0.05, 0) is 49.1 Å². The minimum atomic E-state index is -0.207. The molecule has 0 unspecified atom stereocenters. The van der Waals surface area contributed by atoms with Gasteiger partial charge in [0, 0.05) is 12.6 Å². The quantitative estimate of drug-likeness (QED) is 0.640. The second-order valence-corrected chi connectivity index (χ2v) is 7.00. The molecule has 0 atom stereocenters. The highest BCUT2D eigenvalue weighted by Gasteiger charge is 2.23. The van der Waals surface area contributed by atoms with Crippen molar-refractivity contribution in [3.8, 4) is 11.5 Å². The van der Waals surface area contributed by atoms with Crippen LogP contribution in [0.2, 0.25) is 5.02 Å². The zero-order chi connectivity index (χ0) is 19.8. The number of amides is 2. The van der Waals surface area contributed by atoms with Gasteiger partial charge in [-0.3, -0.25) is 9.59 Å². The molecule has 0 heterocycles. The van der Waals surface area contributed by atoms with Crippen molar-refractivity contribution < 1.29 is 19.1 Å². The summed E-state index contributed by atoms with van der Waals surface area (Å²) in [5.41, 5.74) is 1.06. The molecule has 1 fully saturated rings. The van der Waals surface area contributed by atoms with Gasteiger partial charge in [0.05, 0.1) is 5.02 Å². The second kappa shape index (κ2) is 9.99. The molecule has 0 saturated heterocycles. The summed E-state index contributed by atoms with van der Waals surface area (Å²) >= 11 is 5.98. The number of benzene rings is 2. The van der Waals surface area contributed by atoms with Crippen LogP contribution in [0, 0.1) is 0 Å². The number of halogens is 1. The molecule has 2 aromatic rings. The largest absolute Gasteiger partial charge is 0.484 e. The van der Waals surface area contributed by atoms with Crippen molar-refractivity contribution in [1.29, 1.82) is 0 Å². The van der Waals surface area contributed by atoms with Crippen molar-refractivity contribution in [1.82, 2.24) is 10.6 Å². The van der Waals surface area contributed by atoms with Gasteiger partial charge in [0.25, 0.3) is 11.8 Å². The maximum atomic E-state index is 11.9. The average molecular weight is 403 g/mol. The molecule has 2 aromatic carbocycles. The molecule has 2 amide bonds. The molecule has 7 heteroatoms. The summed E-state index contributed by atoms with van der Waals surface area (Å²) in [6.07, 6.45) is 2.80. The van der Waals surface area contributed by atoms with E-state index < -0.39 is 0 Å². The fourth-order valence-electron chi connectivity index (χ4n) is 2.50. The Bertz CT molecular complexity index is 806. The first-order chi connectivity index (χ1) is 13.6. The number of para-hydroxylation sites is 1. The predicted molar refractivity (Wildman–Crippen MR) is 107 cm³/mol. The van der Waals surface area contributed by atoms with Crippen LogP contribution in [-0.4, -0.2) is 37.6 Å². The SMILES string of the molecule is O=C(COc1ccccc1Cl)NCCc1ccc(OCC(=O)NC2CC2)cc1. The minimum Gasteiger partial charge on any atom is -0.484 e. The summed E-state index contributed by atoms with van der Waals surface area (Å²) in [7, 11) is 0. The normalized spacial score (nSPS) is 12.9. The smallest absolute Gasteiger partial charge is 0.258 e. The first kappa shape index (κ1) is 20.0. The van der Waals surface area contributed by atoms with Crippen molar-refractivity contribution in [2.24, 2.45) is 0 Å². The standard InChI is InChI=1S/C21H23ClN2O4/c22-18-3-1-2-4-19(18)28-13-20(25)23-12-11-15-5-9-17(10-6-15)27-14-21(26)24-16-7-8-16/h1-6,9-10,16H,7-8,11-14H2,(H,23,25)(H,24,26). The van der Waals surface area contributed by atoms with Gasteiger partial charge < -0.3 is 20.1 Å². The number of ether oxygens (including phenoxy) is 2. The number of hydrogen-bond donors (Lipinski definition) is 2. The van der Waals surface area contributed by atoms with E-state index in [0.29, 0.717) is 35.5 Å². The third-order valence-corrected chi connectivity index (χ3v) is 4.48. The Labute approximate surface area is 169 Å². The molecule has 0 radical (unpaired) electrons. The molecule has 3 rings (SSSR count). The van der Waals surface area contributed by atoms with E-state index in [0.717, 1.165) is 18.4 Å². The Morgan fingerprint density at radius 1 is 0.964 bits per heavy atom. The predicted octanol–water partition coefficient (Wildman–Crippen LogP) is 2.74. The molecule has 6 nitrogen and oxygen atoms in total. The molecular weight excluding hydrogens is 380 g/mol. The Morgan fingerprint density at radius 3 is 2.39 bits per heavy atom. The van der Waals surface area contributed by atoms with Gasteiger partial charge in [0.2, 0.25) is 0 Å². The van der Waals surface area contributed by atoms with Crippen molar-refractivity contribution in [2.75, 3.05) is 19.8 Å². The van der Waals surface area contributed by atoms with E-state index in [2.05, 4.69) is 10.6 Å². The van der Waals surface area contributed by atoms with E-state index in [-0.39, 0.29) is 25.0 Å². The van der Waals surface area contributed by atoms with E-state index in [1.165, 1.54) is 0 Å². The summed E-state index contributed by atoms with van der Waals surface area (Å²) in [6, 6.07) is 14.8. The van der Waals surface area contributed by atoms with Crippen molar-refractivity contribution in [2.45, 2.75) is 25.3 Å². The van der Waals surface area contributed by atoms with E-state index in [1.807, 2.05) is 24.3 Å². The molecular formula is C21H23ClN2O4. The van der Waals surface area contributed by atoms with Crippen LogP contribution in [-0.2, 0) is 16.0 Å². The lowest BCUT2D eigenvalue weighted by Gasteiger charge is -2.09. The van der Waals surface area contributed by atoms with E-state index >= 15 is 0 Å². The highest BCUT2D eigenvalue weighted by Crippen LogP contribution is 2.22. The van der Waals surface area contributed by atoms with E-state index in [9.17, 15) is 9.59 Å². The minimum absolute atomic E-state index is 0.0251. The molecule has 1 aliphatic carbocycles. The Kier molecular flexibility index (Phi) is 7.14. The van der Waals surface area contributed by atoms with Crippen LogP contribution in [0.15, 0.2) is 48.5 Å². The Hall–Kier alpha value is -2.73. The zero-order valence-corrected chi connectivity index (χ0v) is 16.2. The topological polar surface area (TPSA) is 76.7 Å². The zero-order valence-electron chi connectivity index (χ0n) is 15.4. The summed E-state index contributed by atoms with van der Waals surface area (Å²) in [5.74, 6) is 0.836. The van der Waals surface area contributed by atoms with Crippen molar-refractivity contribution in [3.63, 3.8) is 0 Å². The monoisotopic (exact) mass is 402 g/mol. The fourth-order valence-corrected chi connectivity index (χ4v) is 2.69. The third kappa shape index (κ3) is 6.78. The number of rotatable bonds is 10. The molecule has 0 aliphatic heterocycles. The Morgan fingerprint density at radius 2 is 1.68 bits per heavy atom. The maximum absolute atomic E-state index is 11.9. The van der Waals surface area contributed by atoms with Crippen molar-refractivity contribution in [3.05, 3.63) is 59.1 Å². The molecule has 148 valence electrons. The van der Waals surface area contributed by atoms with Crippen LogP contribution < -0.4 is 20.1 Å². The van der Waals surface area contributed by atoms with Crippen molar-refractivity contribution >= 4 is 23.4 Å². The van der Waals surface area contributed by atoms with Gasteiger partial charge in [0.15, 0.2) is 13.2 Å². The fraction of sp³-hybridized carbons (Fsp3) is 0.333. The number of carbonyl (C=O) groups is 2. The van der Waals surface area contributed by atoms with Gasteiger partial charge in [-0.2, -0.15) is 0 Å². The van der Waals surface area contributed by atoms with Crippen LogP contribution >= 0.6 is 11.6 Å². The molecule has 0 spiro atoms. The number of carbonyl (C=O) groups excluding carboxylic acids is 2. The number of hydrogen-bond acceptors (Lipinski definition) is 4. The summed E-state index contributed by atoms with van der Waals surface area (Å²) < 4.78 is 10.9. The lowest BCUT2D eigenvalue weighted by Crippen LogP contribution is -2.30. The van der Waals surface area contributed by atoms with Crippen LogP contribution in [0.4, 0.5) is 0 Å². The summed E-state index contributed by atoms with van der Waals surface area (Å²) in [4.78, 5) is 23.5. The molecule has 0 bridgehead atoms. The van der Waals surface area contributed by atoms with Gasteiger partial charge in [0.1, 0.15) is 11.5 Å². The van der Waals surface area contributed by atoms with Gasteiger partial charge in [-0.1, -0.05) is 35.9 Å². The van der Waals surface area contributed by atoms with Gasteiger partial charge in [-0.25, -0.2) is 0 Å². The number of nitrogens with one attached hydrogen (secondary N) is 2. The van der Waals surface area contributed by atoms with Crippen LogP contribution in [0.5, 0.6) is 11.5 Å². The highest BCUT2D eigenvalue weighted by atomic mass is 35.5. The van der Waals surface area contributed by atoms with E-state index in [4.69, 9.17) is 21.1 Å². The van der Waals surface area contributed by atoms with Crippen LogP contribution in [0.1, 0.15) is 18.4 Å². The van der Waals surface area contributed by atoms with Gasteiger partial charge in [-0.15, -0.1) is 0 Å². The average Bonchev–Trinajstić information content (AvgIpc) is 3.51. The van der Waals surface area contributed by atoms with Crippen LogP contribution in [0.25, 0.3) is 0 Å².